The van der Waals surface area contributed by atoms with Crippen LogP contribution in [0.5, 0.6) is 0 Å². The van der Waals surface area contributed by atoms with Gasteiger partial charge in [-0.1, -0.05) is 0 Å². The molecule has 1 aliphatic rings. The van der Waals surface area contributed by atoms with Crippen molar-refractivity contribution in [1.82, 2.24) is 34.3 Å². The number of anilines is 1. The quantitative estimate of drug-likeness (QED) is 0.545. The highest BCUT2D eigenvalue weighted by atomic mass is 15.4. The van der Waals surface area contributed by atoms with E-state index in [1.54, 1.807) is 6.33 Å². The third kappa shape index (κ3) is 2.55. The van der Waals surface area contributed by atoms with E-state index in [1.807, 2.05) is 23.6 Å². The van der Waals surface area contributed by atoms with Crippen molar-refractivity contribution in [2.75, 3.05) is 18.0 Å². The summed E-state index contributed by atoms with van der Waals surface area (Å²) in [6, 6.07) is 6.06. The Hall–Kier alpha value is -3.03. The summed E-state index contributed by atoms with van der Waals surface area (Å²) in [6.07, 6.45) is 3.68. The number of aromatic nitrogens is 7. The van der Waals surface area contributed by atoms with Crippen molar-refractivity contribution >= 4 is 22.5 Å². The zero-order valence-corrected chi connectivity index (χ0v) is 15.8. The molecule has 0 radical (unpaired) electrons. The van der Waals surface area contributed by atoms with E-state index < -0.39 is 0 Å². The van der Waals surface area contributed by atoms with Gasteiger partial charge in [-0.3, -0.25) is 0 Å². The Morgan fingerprint density at radius 3 is 2.67 bits per heavy atom. The Balaban J connectivity index is 1.43. The van der Waals surface area contributed by atoms with E-state index in [2.05, 4.69) is 54.8 Å². The molecule has 4 aromatic heterocycles. The maximum Gasteiger partial charge on any atom is 0.177 e. The van der Waals surface area contributed by atoms with Crippen LogP contribution in [0.15, 0.2) is 24.5 Å². The summed E-state index contributed by atoms with van der Waals surface area (Å²) in [5.41, 5.74) is 5.10. The number of hydrogen-bond donors (Lipinski definition) is 0. The fourth-order valence-corrected chi connectivity index (χ4v) is 4.01. The molecule has 5 heterocycles. The maximum absolute atomic E-state index is 4.60. The summed E-state index contributed by atoms with van der Waals surface area (Å²) < 4.78 is 4.08. The zero-order valence-electron chi connectivity index (χ0n) is 15.8. The standard InChI is InChI=1S/C19H22N8/c1-12-4-5-16-22-23-18(27(16)24-12)14-6-8-26(9-7-14)19-17-15(20-11-21-19)10-13(2)25(17)3/h4-5,10-11,14H,6-9H2,1-3H3. The minimum absolute atomic E-state index is 0.359. The van der Waals surface area contributed by atoms with Gasteiger partial charge in [-0.15, -0.1) is 10.2 Å². The molecule has 1 aliphatic heterocycles. The number of rotatable bonds is 2. The molecule has 0 aromatic carbocycles. The molecule has 0 amide bonds. The molecule has 0 saturated carbocycles. The third-order valence-corrected chi connectivity index (χ3v) is 5.62. The van der Waals surface area contributed by atoms with E-state index in [1.165, 1.54) is 5.69 Å². The lowest BCUT2D eigenvalue weighted by Gasteiger charge is -2.32. The highest BCUT2D eigenvalue weighted by Crippen LogP contribution is 2.32. The van der Waals surface area contributed by atoms with Crippen LogP contribution in [0.25, 0.3) is 16.7 Å². The lowest BCUT2D eigenvalue weighted by Crippen LogP contribution is -2.34. The van der Waals surface area contributed by atoms with Gasteiger partial charge < -0.3 is 9.47 Å². The molecule has 1 saturated heterocycles. The van der Waals surface area contributed by atoms with Crippen molar-refractivity contribution in [3.8, 4) is 0 Å². The van der Waals surface area contributed by atoms with Gasteiger partial charge in [-0.05, 0) is 44.9 Å². The van der Waals surface area contributed by atoms with Crippen LogP contribution >= 0.6 is 0 Å². The van der Waals surface area contributed by atoms with Crippen molar-refractivity contribution < 1.29 is 0 Å². The minimum atomic E-state index is 0.359. The molecule has 0 spiro atoms. The summed E-state index contributed by atoms with van der Waals surface area (Å²) in [7, 11) is 2.08. The van der Waals surface area contributed by atoms with Crippen molar-refractivity contribution in [2.45, 2.75) is 32.6 Å². The van der Waals surface area contributed by atoms with Crippen LogP contribution in [-0.4, -0.2) is 47.4 Å². The van der Waals surface area contributed by atoms with Gasteiger partial charge in [0, 0.05) is 31.7 Å². The average Bonchev–Trinajstić information content (AvgIpc) is 3.22. The average molecular weight is 362 g/mol. The van der Waals surface area contributed by atoms with Crippen molar-refractivity contribution in [2.24, 2.45) is 7.05 Å². The monoisotopic (exact) mass is 362 g/mol. The van der Waals surface area contributed by atoms with Gasteiger partial charge in [-0.25, -0.2) is 9.97 Å². The van der Waals surface area contributed by atoms with Crippen molar-refractivity contribution in [1.29, 1.82) is 0 Å². The Morgan fingerprint density at radius 1 is 1.04 bits per heavy atom. The fraction of sp³-hybridized carbons (Fsp3) is 0.421. The second kappa shape index (κ2) is 6.00. The fourth-order valence-electron chi connectivity index (χ4n) is 4.01. The largest absolute Gasteiger partial charge is 0.355 e. The maximum atomic E-state index is 4.60. The molecular weight excluding hydrogens is 340 g/mol. The van der Waals surface area contributed by atoms with Crippen LogP contribution in [0.1, 0.15) is 36.0 Å². The van der Waals surface area contributed by atoms with Gasteiger partial charge in [0.25, 0.3) is 0 Å². The summed E-state index contributed by atoms with van der Waals surface area (Å²) in [4.78, 5) is 11.4. The first kappa shape index (κ1) is 16.2. The first-order valence-corrected chi connectivity index (χ1v) is 9.33. The molecule has 5 rings (SSSR count). The smallest absolute Gasteiger partial charge is 0.177 e. The first-order chi connectivity index (χ1) is 13.1. The van der Waals surface area contributed by atoms with E-state index in [9.17, 15) is 0 Å². The highest BCUT2D eigenvalue weighted by Gasteiger charge is 2.27. The number of fused-ring (bicyclic) bond motifs is 2. The normalized spacial score (nSPS) is 15.9. The van der Waals surface area contributed by atoms with Crippen LogP contribution in [0.3, 0.4) is 0 Å². The van der Waals surface area contributed by atoms with Crippen LogP contribution in [0, 0.1) is 13.8 Å². The SMILES string of the molecule is Cc1ccc2nnc(C3CCN(c4ncnc5cc(C)n(C)c45)CC3)n2n1. The van der Waals surface area contributed by atoms with E-state index in [0.29, 0.717) is 5.92 Å². The van der Waals surface area contributed by atoms with E-state index >= 15 is 0 Å². The molecule has 0 aliphatic carbocycles. The Kier molecular flexibility index (Phi) is 3.60. The van der Waals surface area contributed by atoms with Gasteiger partial charge in [0.1, 0.15) is 11.8 Å². The summed E-state index contributed by atoms with van der Waals surface area (Å²) in [6.45, 7) is 5.96. The van der Waals surface area contributed by atoms with E-state index in [4.69, 9.17) is 0 Å². The van der Waals surface area contributed by atoms with E-state index in [-0.39, 0.29) is 0 Å². The number of piperidine rings is 1. The molecule has 4 aromatic rings. The van der Waals surface area contributed by atoms with Crippen LogP contribution in [0.2, 0.25) is 0 Å². The predicted octanol–water partition coefficient (Wildman–Crippen LogP) is 2.41. The predicted molar refractivity (Wildman–Crippen MR) is 103 cm³/mol. The molecular formula is C19H22N8. The summed E-state index contributed by atoms with van der Waals surface area (Å²) >= 11 is 0. The van der Waals surface area contributed by atoms with Crippen molar-refractivity contribution in [3.05, 3.63) is 41.7 Å². The van der Waals surface area contributed by atoms with Gasteiger partial charge >= 0.3 is 0 Å². The van der Waals surface area contributed by atoms with Crippen molar-refractivity contribution in [3.63, 3.8) is 0 Å². The minimum Gasteiger partial charge on any atom is -0.355 e. The molecule has 0 atom stereocenters. The molecule has 0 bridgehead atoms. The molecule has 27 heavy (non-hydrogen) atoms. The Bertz CT molecular complexity index is 1130. The van der Waals surface area contributed by atoms with Crippen LogP contribution < -0.4 is 4.90 Å². The number of aryl methyl sites for hydroxylation is 3. The van der Waals surface area contributed by atoms with Crippen LogP contribution in [-0.2, 0) is 7.05 Å². The van der Waals surface area contributed by atoms with Crippen LogP contribution in [0.4, 0.5) is 5.82 Å². The number of hydrogen-bond acceptors (Lipinski definition) is 6. The summed E-state index contributed by atoms with van der Waals surface area (Å²) in [5, 5.41) is 13.3. The topological polar surface area (TPSA) is 77.0 Å². The van der Waals surface area contributed by atoms with Gasteiger partial charge in [-0.2, -0.15) is 9.61 Å². The summed E-state index contributed by atoms with van der Waals surface area (Å²) in [5.74, 6) is 2.35. The zero-order chi connectivity index (χ0) is 18.5. The molecule has 1 fully saturated rings. The van der Waals surface area contributed by atoms with Gasteiger partial charge in [0.05, 0.1) is 11.2 Å². The highest BCUT2D eigenvalue weighted by molar-refractivity contribution is 5.87. The molecule has 0 unspecified atom stereocenters. The molecule has 0 N–H and O–H groups in total. The second-order valence-electron chi connectivity index (χ2n) is 7.34. The Labute approximate surface area is 156 Å². The number of nitrogens with zero attached hydrogens (tertiary/aromatic N) is 8. The lowest BCUT2D eigenvalue weighted by molar-refractivity contribution is 0.475. The first-order valence-electron chi connectivity index (χ1n) is 9.33. The Morgan fingerprint density at radius 2 is 1.85 bits per heavy atom. The van der Waals surface area contributed by atoms with Gasteiger partial charge in [0.15, 0.2) is 17.3 Å². The molecule has 8 nitrogen and oxygen atoms in total. The van der Waals surface area contributed by atoms with E-state index in [0.717, 1.165) is 59.9 Å². The second-order valence-corrected chi connectivity index (χ2v) is 7.34. The molecule has 138 valence electrons. The lowest BCUT2D eigenvalue weighted by atomic mass is 9.96. The van der Waals surface area contributed by atoms with Gasteiger partial charge in [0.2, 0.25) is 0 Å². The third-order valence-electron chi connectivity index (χ3n) is 5.62. The molecule has 8 heteroatoms.